The zero-order valence-electron chi connectivity index (χ0n) is 10.4. The van der Waals surface area contributed by atoms with E-state index < -0.39 is 9.84 Å². The number of rotatable bonds is 3. The van der Waals surface area contributed by atoms with Gasteiger partial charge in [0.25, 0.3) is 0 Å². The lowest BCUT2D eigenvalue weighted by molar-refractivity contribution is 0.127. The van der Waals surface area contributed by atoms with E-state index in [2.05, 4.69) is 0 Å². The number of nitrogens with two attached hydrogens (primary N) is 1. The molecule has 4 nitrogen and oxygen atoms in total. The fourth-order valence-corrected chi connectivity index (χ4v) is 4.08. The van der Waals surface area contributed by atoms with Crippen LogP contribution in [0.5, 0.6) is 0 Å². The molecule has 0 bridgehead atoms. The number of thioether (sulfide) groups is 1. The van der Waals surface area contributed by atoms with Crippen LogP contribution in [0.3, 0.4) is 0 Å². The van der Waals surface area contributed by atoms with Crippen LogP contribution in [0, 0.1) is 0 Å². The monoisotopic (exact) mass is 287 g/mol. The molecule has 2 unspecified atom stereocenters. The first-order valence-corrected chi connectivity index (χ1v) is 8.53. The van der Waals surface area contributed by atoms with E-state index >= 15 is 0 Å². The number of para-hydroxylation sites is 1. The van der Waals surface area contributed by atoms with Crippen molar-refractivity contribution in [2.75, 3.05) is 18.6 Å². The summed E-state index contributed by atoms with van der Waals surface area (Å²) in [6.07, 6.45) is 2.32. The van der Waals surface area contributed by atoms with Crippen molar-refractivity contribution in [3.05, 3.63) is 18.2 Å². The molecule has 18 heavy (non-hydrogen) atoms. The van der Waals surface area contributed by atoms with Crippen molar-refractivity contribution < 1.29 is 13.2 Å². The van der Waals surface area contributed by atoms with Crippen molar-refractivity contribution >= 4 is 27.3 Å². The van der Waals surface area contributed by atoms with Gasteiger partial charge in [-0.1, -0.05) is 6.07 Å². The predicted octanol–water partition coefficient (Wildman–Crippen LogP) is 1.94. The normalized spacial score (nSPS) is 24.3. The van der Waals surface area contributed by atoms with E-state index in [-0.39, 0.29) is 11.0 Å². The molecule has 0 aromatic heterocycles. The van der Waals surface area contributed by atoms with Gasteiger partial charge in [-0.15, -0.1) is 11.8 Å². The van der Waals surface area contributed by atoms with E-state index in [0.29, 0.717) is 10.9 Å². The summed E-state index contributed by atoms with van der Waals surface area (Å²) in [5.41, 5.74) is 6.30. The Bertz CT molecular complexity index is 542. The van der Waals surface area contributed by atoms with Crippen LogP contribution in [0.4, 0.5) is 5.69 Å². The lowest BCUT2D eigenvalue weighted by atomic mass is 10.3. The highest BCUT2D eigenvalue weighted by atomic mass is 32.2. The van der Waals surface area contributed by atoms with Gasteiger partial charge in [0.2, 0.25) is 0 Å². The molecule has 100 valence electrons. The van der Waals surface area contributed by atoms with Gasteiger partial charge in [0.15, 0.2) is 9.84 Å². The fraction of sp³-hybridized carbons (Fsp3) is 0.500. The van der Waals surface area contributed by atoms with Gasteiger partial charge in [0.05, 0.1) is 16.7 Å². The molecule has 0 saturated carbocycles. The van der Waals surface area contributed by atoms with Crippen molar-refractivity contribution in [1.82, 2.24) is 0 Å². The molecule has 1 aromatic rings. The van der Waals surface area contributed by atoms with Crippen LogP contribution in [0.25, 0.3) is 0 Å². The number of benzene rings is 1. The van der Waals surface area contributed by atoms with E-state index in [1.54, 1.807) is 23.9 Å². The standard InChI is InChI=1S/C12H17NO3S2/c1-8-9(6-7-16-8)17-10-4-3-5-11(12(10)13)18(2,14)15/h3-5,8-9H,6-7,13H2,1-2H3. The minimum atomic E-state index is -3.27. The smallest absolute Gasteiger partial charge is 0.177 e. The molecule has 0 radical (unpaired) electrons. The molecule has 1 fully saturated rings. The predicted molar refractivity (Wildman–Crippen MR) is 73.6 cm³/mol. The Morgan fingerprint density at radius 1 is 1.44 bits per heavy atom. The Morgan fingerprint density at radius 2 is 2.17 bits per heavy atom. The molecule has 0 aliphatic carbocycles. The maximum absolute atomic E-state index is 11.6. The third-order valence-corrected chi connectivity index (χ3v) is 5.70. The molecule has 0 spiro atoms. The quantitative estimate of drug-likeness (QED) is 0.860. The molecule has 6 heteroatoms. The van der Waals surface area contributed by atoms with Gasteiger partial charge in [0.1, 0.15) is 0 Å². The van der Waals surface area contributed by atoms with E-state index in [9.17, 15) is 8.42 Å². The molecule has 1 aliphatic rings. The Morgan fingerprint density at radius 3 is 2.72 bits per heavy atom. The molecule has 1 aliphatic heterocycles. The highest BCUT2D eigenvalue weighted by Crippen LogP contribution is 2.37. The second-order valence-electron chi connectivity index (χ2n) is 4.46. The van der Waals surface area contributed by atoms with E-state index in [1.807, 2.05) is 13.0 Å². The molecule has 2 N–H and O–H groups in total. The second-order valence-corrected chi connectivity index (χ2v) is 7.73. The molecule has 1 heterocycles. The Balaban J connectivity index is 2.29. The van der Waals surface area contributed by atoms with Crippen LogP contribution in [-0.4, -0.2) is 32.6 Å². The van der Waals surface area contributed by atoms with Crippen LogP contribution >= 0.6 is 11.8 Å². The third-order valence-electron chi connectivity index (χ3n) is 3.01. The summed E-state index contributed by atoms with van der Waals surface area (Å²) < 4.78 is 28.7. The molecule has 2 atom stereocenters. The van der Waals surface area contributed by atoms with Crippen LogP contribution in [0.2, 0.25) is 0 Å². The highest BCUT2D eigenvalue weighted by molar-refractivity contribution is 8.00. The van der Waals surface area contributed by atoms with Crippen molar-refractivity contribution in [2.24, 2.45) is 0 Å². The zero-order chi connectivity index (χ0) is 13.3. The van der Waals surface area contributed by atoms with Crippen molar-refractivity contribution in [3.63, 3.8) is 0 Å². The summed E-state index contributed by atoms with van der Waals surface area (Å²) in [5, 5.41) is 0.335. The summed E-state index contributed by atoms with van der Waals surface area (Å²) >= 11 is 1.60. The number of hydrogen-bond acceptors (Lipinski definition) is 5. The van der Waals surface area contributed by atoms with Crippen molar-refractivity contribution in [2.45, 2.75) is 34.5 Å². The first-order chi connectivity index (χ1) is 8.39. The fourth-order valence-electron chi connectivity index (χ4n) is 1.98. The number of sulfone groups is 1. The molecular weight excluding hydrogens is 270 g/mol. The Hall–Kier alpha value is -0.720. The van der Waals surface area contributed by atoms with Crippen molar-refractivity contribution in [1.29, 1.82) is 0 Å². The van der Waals surface area contributed by atoms with Crippen LogP contribution < -0.4 is 5.73 Å². The average molecular weight is 287 g/mol. The van der Waals surface area contributed by atoms with Gasteiger partial charge in [-0.2, -0.15) is 0 Å². The van der Waals surface area contributed by atoms with Gasteiger partial charge in [-0.25, -0.2) is 8.42 Å². The van der Waals surface area contributed by atoms with Gasteiger partial charge in [-0.05, 0) is 25.5 Å². The number of hydrogen-bond donors (Lipinski definition) is 1. The van der Waals surface area contributed by atoms with E-state index in [1.165, 1.54) is 6.26 Å². The number of nitrogen functional groups attached to an aromatic ring is 1. The minimum absolute atomic E-state index is 0.177. The topological polar surface area (TPSA) is 69.4 Å². The molecule has 1 aromatic carbocycles. The summed E-state index contributed by atoms with van der Waals surface area (Å²) in [7, 11) is -3.27. The van der Waals surface area contributed by atoms with Crippen LogP contribution in [0.1, 0.15) is 13.3 Å². The van der Waals surface area contributed by atoms with Crippen molar-refractivity contribution in [3.8, 4) is 0 Å². The maximum atomic E-state index is 11.6. The SMILES string of the molecule is CC1OCCC1Sc1cccc(S(C)(=O)=O)c1N. The van der Waals surface area contributed by atoms with Gasteiger partial charge >= 0.3 is 0 Å². The lowest BCUT2D eigenvalue weighted by Crippen LogP contribution is -2.13. The first kappa shape index (κ1) is 13.7. The van der Waals surface area contributed by atoms with Crippen LogP contribution in [-0.2, 0) is 14.6 Å². The Labute approximate surface area is 112 Å². The van der Waals surface area contributed by atoms with Gasteiger partial charge in [0, 0.05) is 23.0 Å². The van der Waals surface area contributed by atoms with Gasteiger partial charge < -0.3 is 10.5 Å². The summed E-state index contributed by atoms with van der Waals surface area (Å²) in [6.45, 7) is 2.78. The average Bonchev–Trinajstić information content (AvgIpc) is 2.66. The second kappa shape index (κ2) is 5.11. The molecule has 2 rings (SSSR count). The maximum Gasteiger partial charge on any atom is 0.177 e. The number of anilines is 1. The Kier molecular flexibility index (Phi) is 3.89. The molecule has 0 amide bonds. The lowest BCUT2D eigenvalue weighted by Gasteiger charge is -2.16. The third kappa shape index (κ3) is 2.81. The first-order valence-electron chi connectivity index (χ1n) is 5.76. The zero-order valence-corrected chi connectivity index (χ0v) is 12.1. The minimum Gasteiger partial charge on any atom is -0.397 e. The summed E-state index contributed by atoms with van der Waals surface area (Å²) in [6, 6.07) is 5.14. The van der Waals surface area contributed by atoms with Crippen LogP contribution in [0.15, 0.2) is 28.0 Å². The van der Waals surface area contributed by atoms with E-state index in [0.717, 1.165) is 17.9 Å². The summed E-state index contributed by atoms with van der Waals surface area (Å²) in [4.78, 5) is 1.03. The highest BCUT2D eigenvalue weighted by Gasteiger charge is 2.26. The van der Waals surface area contributed by atoms with E-state index in [4.69, 9.17) is 10.5 Å². The largest absolute Gasteiger partial charge is 0.397 e. The van der Waals surface area contributed by atoms with Gasteiger partial charge in [-0.3, -0.25) is 0 Å². The molecular formula is C12H17NO3S2. The summed E-state index contributed by atoms with van der Waals surface area (Å²) in [5.74, 6) is 0. The molecule has 1 saturated heterocycles. The number of ether oxygens (including phenoxy) is 1.